The first-order chi connectivity index (χ1) is 22.3. The molecule has 19 nitrogen and oxygen atoms in total. The summed E-state index contributed by atoms with van der Waals surface area (Å²) in [6, 6.07) is -0.777. The number of hydrogen-bond donors (Lipinski definition) is 6. The fourth-order valence-electron chi connectivity index (χ4n) is 8.49. The fraction of sp³-hybridized carbons (Fsp3) is 0.600. The molecule has 4 saturated carbocycles. The van der Waals surface area contributed by atoms with Crippen LogP contribution >= 0.6 is 14.5 Å². The van der Waals surface area contributed by atoms with Gasteiger partial charge in [-0.05, 0) is 43.4 Å². The summed E-state index contributed by atoms with van der Waals surface area (Å²) in [5.74, 6) is -1.03. The number of anilines is 1. The Morgan fingerprint density at radius 1 is 1.06 bits per heavy atom. The van der Waals surface area contributed by atoms with Crippen LogP contribution in [-0.4, -0.2) is 96.7 Å². The second-order valence-electron chi connectivity index (χ2n) is 13.1. The number of phosphoric acid groups is 1. The third kappa shape index (κ3) is 4.21. The predicted molar refractivity (Wildman–Crippen MR) is 162 cm³/mol. The molecule has 5 heterocycles. The van der Waals surface area contributed by atoms with E-state index in [1.54, 1.807) is 16.1 Å². The molecule has 1 aliphatic heterocycles. The number of aryl methyl sites for hydroxylation is 1. The first-order valence-electron chi connectivity index (χ1n) is 14.8. The molecular formula is C25H29N9O10P2S. The van der Waals surface area contributed by atoms with Gasteiger partial charge in [0.25, 0.3) is 5.56 Å². The Morgan fingerprint density at radius 3 is 2.66 bits per heavy atom. The monoisotopic (exact) mass is 709 g/mol. The number of aromatic nitrogens is 8. The second kappa shape index (κ2) is 9.70. The summed E-state index contributed by atoms with van der Waals surface area (Å²) in [6.07, 6.45) is -0.220. The number of fused-ring (bicyclic) bond motifs is 5. The summed E-state index contributed by atoms with van der Waals surface area (Å²) in [7, 11) is -4.85. The fourth-order valence-corrected chi connectivity index (χ4v) is 11.0. The van der Waals surface area contributed by atoms with E-state index >= 15 is 0 Å². The van der Waals surface area contributed by atoms with Gasteiger partial charge in [-0.2, -0.15) is 0 Å². The first-order valence-corrected chi connectivity index (χ1v) is 18.9. The Balaban J connectivity index is 1.05. The average molecular weight is 710 g/mol. The van der Waals surface area contributed by atoms with Crippen LogP contribution in [0, 0.1) is 30.1 Å². The van der Waals surface area contributed by atoms with Crippen molar-refractivity contribution in [3.8, 4) is 0 Å². The van der Waals surface area contributed by atoms with Gasteiger partial charge >= 0.3 is 14.5 Å². The maximum atomic E-state index is 13.5. The molecule has 0 amide bonds. The summed E-state index contributed by atoms with van der Waals surface area (Å²) in [6.45, 7) is -3.16. The van der Waals surface area contributed by atoms with Crippen molar-refractivity contribution in [1.82, 2.24) is 39.0 Å². The highest BCUT2D eigenvalue weighted by atomic mass is 32.5. The minimum absolute atomic E-state index is 0.0665. The quantitative estimate of drug-likeness (QED) is 0.145. The lowest BCUT2D eigenvalue weighted by Gasteiger charge is -2.34. The average Bonchev–Trinajstić information content (AvgIpc) is 3.72. The molecule has 4 aromatic rings. The molecule has 4 aliphatic carbocycles. The zero-order valence-corrected chi connectivity index (χ0v) is 27.0. The standard InChI is InChI=1S/C25H29N9O10P2S/c1-9-31-22-14(23(37)32-9)29-7-33(22)15-12-2-24(12)5-42-46(40,47)43-17-10(4-41-45(38,39)44-19(24)16(15)35)11-3-25(11,18(17)36)34-8-30-13-20(26)27-6-28-21(13)34/h6-8,10-12,15-19,35-36H,2-5H2,1H3,(H,38,39)(H,40,47)(H2,26,27,28)(H,31,32,37)/t10-,11-,12+,15+,16-,17+,18+,19-,24+,25-,46?/m0/s1. The summed E-state index contributed by atoms with van der Waals surface area (Å²) in [4.78, 5) is 58.5. The van der Waals surface area contributed by atoms with Crippen molar-refractivity contribution in [2.75, 3.05) is 18.9 Å². The number of nitrogens with zero attached hydrogens (tertiary/aromatic N) is 7. The molecule has 4 aromatic heterocycles. The van der Waals surface area contributed by atoms with E-state index < -0.39 is 80.0 Å². The van der Waals surface area contributed by atoms with Gasteiger partial charge in [0.05, 0.1) is 37.4 Å². The first kappa shape index (κ1) is 30.3. The highest BCUT2D eigenvalue weighted by molar-refractivity contribution is 8.07. The number of H-pyrrole nitrogens is 1. The predicted octanol–water partition coefficient (Wildman–Crippen LogP) is -0.388. The van der Waals surface area contributed by atoms with Gasteiger partial charge in [-0.25, -0.2) is 29.5 Å². The second-order valence-corrected chi connectivity index (χ2v) is 17.3. The summed E-state index contributed by atoms with van der Waals surface area (Å²) in [5, 5.41) is 23.3. The van der Waals surface area contributed by atoms with E-state index in [4.69, 9.17) is 35.6 Å². The van der Waals surface area contributed by atoms with E-state index in [9.17, 15) is 29.4 Å². The Kier molecular flexibility index (Phi) is 6.26. The van der Waals surface area contributed by atoms with Gasteiger partial charge in [0.15, 0.2) is 22.6 Å². The van der Waals surface area contributed by atoms with E-state index in [0.717, 1.165) is 0 Å². The lowest BCUT2D eigenvalue weighted by molar-refractivity contribution is -0.0530. The van der Waals surface area contributed by atoms with Crippen LogP contribution in [-0.2, 0) is 40.0 Å². The SMILES string of the molecule is Cc1nc2c(ncn2[C@H]2[C@H](O)[C@@H]3OP(=O)(O)OC[C@@H]4[C@@H](OP(O)(=S)OC[C@@]35C[C@H]25)[C@@H](O)[C@]2(n3cnc5c(N)ncnc53)C[C@@H]42)c(=O)[nH]1. The maximum absolute atomic E-state index is 13.5. The molecular weight excluding hydrogens is 680 g/mol. The van der Waals surface area contributed by atoms with Crippen molar-refractivity contribution in [3.05, 3.63) is 35.2 Å². The molecule has 5 aliphatic rings. The van der Waals surface area contributed by atoms with Crippen LogP contribution in [0.15, 0.2) is 23.8 Å². The number of imidazole rings is 2. The molecule has 0 bridgehead atoms. The van der Waals surface area contributed by atoms with Crippen LogP contribution in [0.4, 0.5) is 5.82 Å². The molecule has 0 aromatic carbocycles. The van der Waals surface area contributed by atoms with Gasteiger partial charge in [0.2, 0.25) is 0 Å². The Labute approximate surface area is 269 Å². The molecule has 5 fully saturated rings. The van der Waals surface area contributed by atoms with Crippen molar-refractivity contribution in [3.63, 3.8) is 0 Å². The minimum atomic E-state index is -4.85. The molecule has 47 heavy (non-hydrogen) atoms. The molecule has 250 valence electrons. The lowest BCUT2D eigenvalue weighted by atomic mass is 10.0. The van der Waals surface area contributed by atoms with E-state index in [-0.39, 0.29) is 29.5 Å². The van der Waals surface area contributed by atoms with Crippen molar-refractivity contribution in [1.29, 1.82) is 0 Å². The van der Waals surface area contributed by atoms with Crippen LogP contribution in [0.5, 0.6) is 0 Å². The molecule has 2 unspecified atom stereocenters. The van der Waals surface area contributed by atoms with Crippen LogP contribution < -0.4 is 11.3 Å². The van der Waals surface area contributed by atoms with Gasteiger partial charge in [-0.1, -0.05) is 0 Å². The van der Waals surface area contributed by atoms with Crippen LogP contribution in [0.2, 0.25) is 0 Å². The van der Waals surface area contributed by atoms with Gasteiger partial charge in [-0.3, -0.25) is 13.8 Å². The zero-order valence-electron chi connectivity index (χ0n) is 24.4. The van der Waals surface area contributed by atoms with Crippen molar-refractivity contribution in [2.24, 2.45) is 23.2 Å². The maximum Gasteiger partial charge on any atom is 0.472 e. The number of rotatable bonds is 2. The molecule has 1 spiro atoms. The number of aliphatic hydroxyl groups is 2. The highest BCUT2D eigenvalue weighted by Crippen LogP contribution is 2.73. The van der Waals surface area contributed by atoms with E-state index in [0.29, 0.717) is 29.8 Å². The van der Waals surface area contributed by atoms with E-state index in [1.807, 2.05) is 0 Å². The van der Waals surface area contributed by atoms with E-state index in [2.05, 4.69) is 29.9 Å². The van der Waals surface area contributed by atoms with Crippen LogP contribution in [0.1, 0.15) is 24.7 Å². The summed E-state index contributed by atoms with van der Waals surface area (Å²) >= 11 is 5.43. The zero-order chi connectivity index (χ0) is 32.8. The van der Waals surface area contributed by atoms with Gasteiger partial charge in [0.1, 0.15) is 42.1 Å². The smallest absolute Gasteiger partial charge is 0.388 e. The largest absolute Gasteiger partial charge is 0.472 e. The number of nitrogens with two attached hydrogens (primary N) is 1. The number of phosphoric ester groups is 1. The number of nitrogen functional groups attached to an aromatic ring is 1. The minimum Gasteiger partial charge on any atom is -0.388 e. The number of aliphatic hydroxyl groups excluding tert-OH is 2. The Hall–Kier alpha value is -2.74. The van der Waals surface area contributed by atoms with Gasteiger partial charge in [-0.15, -0.1) is 0 Å². The molecule has 12 atom stereocenters. The normalized spacial score (nSPS) is 44.3. The van der Waals surface area contributed by atoms with Gasteiger partial charge < -0.3 is 48.9 Å². The Bertz CT molecular complexity index is 2150. The number of nitrogens with one attached hydrogen (secondary N) is 1. The van der Waals surface area contributed by atoms with Crippen LogP contribution in [0.3, 0.4) is 0 Å². The van der Waals surface area contributed by atoms with Crippen molar-refractivity contribution < 1.29 is 42.7 Å². The summed E-state index contributed by atoms with van der Waals surface area (Å²) < 4.78 is 39.9. The molecule has 9 rings (SSSR count). The Morgan fingerprint density at radius 2 is 1.85 bits per heavy atom. The van der Waals surface area contributed by atoms with E-state index in [1.165, 1.54) is 19.0 Å². The van der Waals surface area contributed by atoms with Crippen molar-refractivity contribution in [2.45, 2.75) is 55.8 Å². The molecule has 22 heteroatoms. The summed E-state index contributed by atoms with van der Waals surface area (Å²) in [5.41, 5.74) is 4.45. The molecule has 7 N–H and O–H groups in total. The highest BCUT2D eigenvalue weighted by Gasteiger charge is 2.76. The lowest BCUT2D eigenvalue weighted by Crippen LogP contribution is -2.41. The molecule has 0 radical (unpaired) electrons. The third-order valence-electron chi connectivity index (χ3n) is 10.7. The topological polar surface area (TPSA) is 268 Å². The molecule has 1 saturated heterocycles. The van der Waals surface area contributed by atoms with Crippen LogP contribution in [0.25, 0.3) is 22.3 Å². The van der Waals surface area contributed by atoms with Crippen molar-refractivity contribution >= 4 is 54.5 Å². The number of hydrogen-bond acceptors (Lipinski definition) is 15. The third-order valence-corrected chi connectivity index (χ3v) is 13.2. The number of aromatic amines is 1. The van der Waals surface area contributed by atoms with Gasteiger partial charge in [0, 0.05) is 11.3 Å².